The van der Waals surface area contributed by atoms with E-state index in [4.69, 9.17) is 4.74 Å². The number of carbonyl (C=O) groups is 2. The Hall–Kier alpha value is -2.56. The van der Waals surface area contributed by atoms with E-state index in [2.05, 4.69) is 24.3 Å². The molecular weight excluding hydrogens is 328 g/mol. The molecule has 3 rings (SSSR count). The highest BCUT2D eigenvalue weighted by Crippen LogP contribution is 2.22. The van der Waals surface area contributed by atoms with Gasteiger partial charge in [-0.05, 0) is 42.7 Å². The summed E-state index contributed by atoms with van der Waals surface area (Å²) in [6, 6.07) is 14.4. The van der Waals surface area contributed by atoms with Gasteiger partial charge in [-0.25, -0.2) is 0 Å². The van der Waals surface area contributed by atoms with Gasteiger partial charge in [0.15, 0.2) is 0 Å². The van der Waals surface area contributed by atoms with Gasteiger partial charge < -0.3 is 14.5 Å². The quantitative estimate of drug-likeness (QED) is 0.775. The fourth-order valence-corrected chi connectivity index (χ4v) is 3.46. The van der Waals surface area contributed by atoms with Crippen molar-refractivity contribution in [3.8, 4) is 0 Å². The smallest absolute Gasteiger partial charge is 0.310 e. The first-order chi connectivity index (χ1) is 12.6. The van der Waals surface area contributed by atoms with E-state index >= 15 is 0 Å². The van der Waals surface area contributed by atoms with Crippen LogP contribution in [0.5, 0.6) is 0 Å². The lowest BCUT2D eigenvalue weighted by atomic mass is 9.98. The lowest BCUT2D eigenvalue weighted by Gasteiger charge is -2.33. The van der Waals surface area contributed by atoms with E-state index < -0.39 is 0 Å². The van der Waals surface area contributed by atoms with Crippen LogP contribution in [0.4, 0.5) is 5.69 Å². The van der Waals surface area contributed by atoms with Crippen LogP contribution in [0.25, 0.3) is 10.8 Å². The molecule has 1 amide bonds. The molecule has 5 heteroatoms. The predicted octanol–water partition coefficient (Wildman–Crippen LogP) is 3.08. The standard InChI is InChI=1S/C21H26N2O3/c1-3-26-21(25)18-9-6-12-23(14-18)20(24)15-22(2)19-11-10-16-7-4-5-8-17(16)13-19/h4-5,7-8,10-11,13,18H,3,6,9,12,14-15H2,1-2H3. The van der Waals surface area contributed by atoms with Gasteiger partial charge in [0.25, 0.3) is 0 Å². The van der Waals surface area contributed by atoms with Crippen LogP contribution in [0.1, 0.15) is 19.8 Å². The number of benzene rings is 2. The van der Waals surface area contributed by atoms with E-state index in [1.54, 1.807) is 4.90 Å². The lowest BCUT2D eigenvalue weighted by molar-refractivity contribution is -0.151. The Kier molecular flexibility index (Phi) is 5.76. The second-order valence-electron chi connectivity index (χ2n) is 6.82. The predicted molar refractivity (Wildman–Crippen MR) is 103 cm³/mol. The van der Waals surface area contributed by atoms with Crippen LogP contribution < -0.4 is 4.90 Å². The Bertz CT molecular complexity index is 790. The molecule has 1 atom stereocenters. The lowest BCUT2D eigenvalue weighted by Crippen LogP contribution is -2.46. The molecule has 0 aliphatic carbocycles. The molecule has 5 nitrogen and oxygen atoms in total. The fourth-order valence-electron chi connectivity index (χ4n) is 3.46. The van der Waals surface area contributed by atoms with E-state index in [-0.39, 0.29) is 17.8 Å². The zero-order valence-corrected chi connectivity index (χ0v) is 15.5. The minimum atomic E-state index is -0.196. The number of anilines is 1. The van der Waals surface area contributed by atoms with Crippen molar-refractivity contribution < 1.29 is 14.3 Å². The Labute approximate surface area is 154 Å². The number of rotatable bonds is 5. The van der Waals surface area contributed by atoms with E-state index in [1.165, 1.54) is 5.39 Å². The van der Waals surface area contributed by atoms with Crippen LogP contribution in [-0.2, 0) is 14.3 Å². The molecule has 0 saturated carbocycles. The minimum absolute atomic E-state index is 0.0506. The number of piperidine rings is 1. The fraction of sp³-hybridized carbons (Fsp3) is 0.429. The van der Waals surface area contributed by atoms with Crippen molar-refractivity contribution >= 4 is 28.3 Å². The first-order valence-electron chi connectivity index (χ1n) is 9.23. The molecule has 0 spiro atoms. The van der Waals surface area contributed by atoms with Crippen LogP contribution in [0.2, 0.25) is 0 Å². The number of likely N-dealkylation sites (tertiary alicyclic amines) is 1. The van der Waals surface area contributed by atoms with Gasteiger partial charge in [-0.2, -0.15) is 0 Å². The molecule has 0 aromatic heterocycles. The molecule has 0 N–H and O–H groups in total. The van der Waals surface area contributed by atoms with Gasteiger partial charge in [0.2, 0.25) is 5.91 Å². The molecule has 1 aliphatic rings. The van der Waals surface area contributed by atoms with Crippen LogP contribution in [-0.4, -0.2) is 50.1 Å². The second-order valence-corrected chi connectivity index (χ2v) is 6.82. The van der Waals surface area contributed by atoms with Crippen LogP contribution in [0, 0.1) is 5.92 Å². The van der Waals surface area contributed by atoms with Gasteiger partial charge in [0.1, 0.15) is 0 Å². The molecule has 1 saturated heterocycles. The van der Waals surface area contributed by atoms with E-state index in [9.17, 15) is 9.59 Å². The number of hydrogen-bond acceptors (Lipinski definition) is 4. The molecule has 1 heterocycles. The summed E-state index contributed by atoms with van der Waals surface area (Å²) in [5.74, 6) is -0.332. The van der Waals surface area contributed by atoms with Crippen molar-refractivity contribution in [2.75, 3.05) is 38.2 Å². The highest BCUT2D eigenvalue weighted by atomic mass is 16.5. The van der Waals surface area contributed by atoms with Gasteiger partial charge in [-0.15, -0.1) is 0 Å². The SMILES string of the molecule is CCOC(=O)C1CCCN(C(=O)CN(C)c2ccc3ccccc3c2)C1. The summed E-state index contributed by atoms with van der Waals surface area (Å²) in [7, 11) is 1.93. The minimum Gasteiger partial charge on any atom is -0.466 e. The third kappa shape index (κ3) is 4.15. The third-order valence-electron chi connectivity index (χ3n) is 4.94. The van der Waals surface area contributed by atoms with Crippen LogP contribution in [0.15, 0.2) is 42.5 Å². The molecule has 1 unspecified atom stereocenters. The topological polar surface area (TPSA) is 49.9 Å². The number of fused-ring (bicyclic) bond motifs is 1. The van der Waals surface area contributed by atoms with Gasteiger partial charge in [-0.1, -0.05) is 30.3 Å². The number of hydrogen-bond donors (Lipinski definition) is 0. The number of carbonyl (C=O) groups excluding carboxylic acids is 2. The molecule has 2 aromatic carbocycles. The Balaban J connectivity index is 1.63. The van der Waals surface area contributed by atoms with E-state index in [0.29, 0.717) is 26.2 Å². The maximum absolute atomic E-state index is 12.7. The third-order valence-corrected chi connectivity index (χ3v) is 4.94. The maximum Gasteiger partial charge on any atom is 0.310 e. The first-order valence-corrected chi connectivity index (χ1v) is 9.23. The number of esters is 1. The molecule has 2 aromatic rings. The molecule has 1 fully saturated rings. The zero-order chi connectivity index (χ0) is 18.5. The highest BCUT2D eigenvalue weighted by Gasteiger charge is 2.29. The molecule has 0 radical (unpaired) electrons. The molecule has 1 aliphatic heterocycles. The maximum atomic E-state index is 12.7. The summed E-state index contributed by atoms with van der Waals surface area (Å²) in [6.45, 7) is 3.66. The summed E-state index contributed by atoms with van der Waals surface area (Å²) in [4.78, 5) is 28.4. The molecule has 138 valence electrons. The van der Waals surface area contributed by atoms with Crippen LogP contribution in [0.3, 0.4) is 0 Å². The first kappa shape index (κ1) is 18.2. The van der Waals surface area contributed by atoms with Gasteiger partial charge in [0.05, 0.1) is 19.1 Å². The monoisotopic (exact) mass is 354 g/mol. The summed E-state index contributed by atoms with van der Waals surface area (Å²) in [6.07, 6.45) is 1.64. The summed E-state index contributed by atoms with van der Waals surface area (Å²) in [5.41, 5.74) is 1.01. The number of ether oxygens (including phenoxy) is 1. The average Bonchev–Trinajstić information content (AvgIpc) is 2.67. The van der Waals surface area contributed by atoms with Crippen molar-refractivity contribution in [3.63, 3.8) is 0 Å². The summed E-state index contributed by atoms with van der Waals surface area (Å²) < 4.78 is 5.11. The van der Waals surface area contributed by atoms with Crippen molar-refractivity contribution in [3.05, 3.63) is 42.5 Å². The largest absolute Gasteiger partial charge is 0.466 e. The number of nitrogens with zero attached hydrogens (tertiary/aromatic N) is 2. The Morgan fingerprint density at radius 1 is 1.19 bits per heavy atom. The molecule has 0 bridgehead atoms. The van der Waals surface area contributed by atoms with Gasteiger partial charge in [0, 0.05) is 25.8 Å². The Morgan fingerprint density at radius 2 is 1.96 bits per heavy atom. The van der Waals surface area contributed by atoms with Crippen molar-refractivity contribution in [2.24, 2.45) is 5.92 Å². The number of amides is 1. The normalized spacial score (nSPS) is 17.2. The van der Waals surface area contributed by atoms with Gasteiger partial charge >= 0.3 is 5.97 Å². The Morgan fingerprint density at radius 3 is 2.73 bits per heavy atom. The summed E-state index contributed by atoms with van der Waals surface area (Å²) in [5, 5.41) is 2.34. The number of likely N-dealkylation sites (N-methyl/N-ethyl adjacent to an activating group) is 1. The molecule has 26 heavy (non-hydrogen) atoms. The zero-order valence-electron chi connectivity index (χ0n) is 15.5. The van der Waals surface area contributed by atoms with Crippen molar-refractivity contribution in [1.29, 1.82) is 0 Å². The summed E-state index contributed by atoms with van der Waals surface area (Å²) >= 11 is 0. The van der Waals surface area contributed by atoms with Crippen molar-refractivity contribution in [2.45, 2.75) is 19.8 Å². The van der Waals surface area contributed by atoms with Crippen molar-refractivity contribution in [1.82, 2.24) is 4.90 Å². The van der Waals surface area contributed by atoms with Crippen LogP contribution >= 0.6 is 0 Å². The van der Waals surface area contributed by atoms with E-state index in [0.717, 1.165) is 23.9 Å². The van der Waals surface area contributed by atoms with Gasteiger partial charge in [-0.3, -0.25) is 9.59 Å². The van der Waals surface area contributed by atoms with E-state index in [1.807, 2.05) is 37.1 Å². The average molecular weight is 354 g/mol. The molecular formula is C21H26N2O3. The second kappa shape index (κ2) is 8.21. The highest BCUT2D eigenvalue weighted by molar-refractivity contribution is 5.87.